The number of hydrogen-bond donors (Lipinski definition) is 1. The van der Waals surface area contributed by atoms with Gasteiger partial charge in [-0.2, -0.15) is 0 Å². The predicted octanol–water partition coefficient (Wildman–Crippen LogP) is 4.01. The molecule has 0 aliphatic rings. The highest BCUT2D eigenvalue weighted by atomic mass is 19.3. The number of halogens is 2. The zero-order valence-corrected chi connectivity index (χ0v) is 9.89. The number of nitrogens with two attached hydrogens (primary N) is 1. The molecule has 0 amide bonds. The molecular weight excluding hydrogens is 232 g/mol. The number of alkyl halides is 2. The van der Waals surface area contributed by atoms with Gasteiger partial charge in [0.2, 0.25) is 6.43 Å². The first-order chi connectivity index (χ1) is 8.66. The van der Waals surface area contributed by atoms with Crippen molar-refractivity contribution in [2.24, 2.45) is 5.73 Å². The van der Waals surface area contributed by atoms with Crippen LogP contribution in [0.15, 0.2) is 54.6 Å². The standard InChI is InChI=1S/C15H15F2N/c16-15(17)10-14(18)13-8-4-7-12(9-13)11-5-2-1-3-6-11/h1-9,14-15H,10,18H2/t14-/m0/s1. The van der Waals surface area contributed by atoms with Crippen molar-refractivity contribution in [1.82, 2.24) is 0 Å². The average molecular weight is 247 g/mol. The lowest BCUT2D eigenvalue weighted by molar-refractivity contribution is 0.128. The second-order valence-electron chi connectivity index (χ2n) is 4.22. The highest BCUT2D eigenvalue weighted by Gasteiger charge is 2.13. The molecule has 18 heavy (non-hydrogen) atoms. The zero-order valence-electron chi connectivity index (χ0n) is 9.89. The number of hydrogen-bond acceptors (Lipinski definition) is 1. The second-order valence-corrected chi connectivity index (χ2v) is 4.22. The van der Waals surface area contributed by atoms with Crippen LogP contribution in [0.1, 0.15) is 18.0 Å². The van der Waals surface area contributed by atoms with E-state index in [-0.39, 0.29) is 6.42 Å². The van der Waals surface area contributed by atoms with Crippen molar-refractivity contribution >= 4 is 0 Å². The fraction of sp³-hybridized carbons (Fsp3) is 0.200. The summed E-state index contributed by atoms with van der Waals surface area (Å²) in [5.41, 5.74) is 8.57. The van der Waals surface area contributed by atoms with E-state index in [4.69, 9.17) is 5.73 Å². The molecule has 0 spiro atoms. The molecule has 2 rings (SSSR count). The van der Waals surface area contributed by atoms with Crippen molar-refractivity contribution in [3.05, 3.63) is 60.2 Å². The molecule has 0 fully saturated rings. The Kier molecular flexibility index (Phi) is 4.05. The average Bonchev–Trinajstić information content (AvgIpc) is 2.39. The molecule has 0 unspecified atom stereocenters. The van der Waals surface area contributed by atoms with Crippen molar-refractivity contribution in [3.8, 4) is 11.1 Å². The van der Waals surface area contributed by atoms with Crippen molar-refractivity contribution < 1.29 is 8.78 Å². The molecule has 2 aromatic carbocycles. The fourth-order valence-corrected chi connectivity index (χ4v) is 1.91. The van der Waals surface area contributed by atoms with Crippen LogP contribution < -0.4 is 5.73 Å². The van der Waals surface area contributed by atoms with E-state index in [1.54, 1.807) is 6.07 Å². The van der Waals surface area contributed by atoms with Crippen LogP contribution in [0.3, 0.4) is 0 Å². The summed E-state index contributed by atoms with van der Waals surface area (Å²) in [6, 6.07) is 16.7. The van der Waals surface area contributed by atoms with E-state index in [0.29, 0.717) is 0 Å². The first-order valence-electron chi connectivity index (χ1n) is 5.86. The summed E-state index contributed by atoms with van der Waals surface area (Å²) in [7, 11) is 0. The van der Waals surface area contributed by atoms with Gasteiger partial charge in [-0.25, -0.2) is 8.78 Å². The Balaban J connectivity index is 2.25. The summed E-state index contributed by atoms with van der Waals surface area (Å²) < 4.78 is 24.6. The largest absolute Gasteiger partial charge is 0.324 e. The van der Waals surface area contributed by atoms with Crippen molar-refractivity contribution in [2.75, 3.05) is 0 Å². The van der Waals surface area contributed by atoms with E-state index in [1.807, 2.05) is 48.5 Å². The van der Waals surface area contributed by atoms with Crippen molar-refractivity contribution in [3.63, 3.8) is 0 Å². The summed E-state index contributed by atoms with van der Waals surface area (Å²) in [4.78, 5) is 0. The molecule has 0 saturated carbocycles. The zero-order chi connectivity index (χ0) is 13.0. The molecule has 0 aliphatic carbocycles. The Morgan fingerprint density at radius 1 is 0.889 bits per heavy atom. The Labute approximate surface area is 105 Å². The molecule has 0 aromatic heterocycles. The molecule has 0 radical (unpaired) electrons. The van der Waals surface area contributed by atoms with Crippen LogP contribution in [0.5, 0.6) is 0 Å². The van der Waals surface area contributed by atoms with Crippen LogP contribution in [0, 0.1) is 0 Å². The van der Waals surface area contributed by atoms with Gasteiger partial charge in [-0.1, -0.05) is 48.5 Å². The summed E-state index contributed by atoms with van der Waals surface area (Å²) in [5.74, 6) is 0. The highest BCUT2D eigenvalue weighted by Crippen LogP contribution is 2.24. The minimum Gasteiger partial charge on any atom is -0.324 e. The Morgan fingerprint density at radius 2 is 1.56 bits per heavy atom. The molecule has 2 N–H and O–H groups in total. The minimum atomic E-state index is -2.37. The first kappa shape index (κ1) is 12.7. The lowest BCUT2D eigenvalue weighted by Crippen LogP contribution is -2.13. The van der Waals surface area contributed by atoms with Gasteiger partial charge in [0, 0.05) is 12.5 Å². The van der Waals surface area contributed by atoms with Crippen LogP contribution in [0.4, 0.5) is 8.78 Å². The predicted molar refractivity (Wildman–Crippen MR) is 69.4 cm³/mol. The molecule has 94 valence electrons. The second kappa shape index (κ2) is 5.74. The van der Waals surface area contributed by atoms with E-state index in [2.05, 4.69) is 0 Å². The molecule has 1 atom stereocenters. The molecule has 0 heterocycles. The quantitative estimate of drug-likeness (QED) is 0.868. The highest BCUT2D eigenvalue weighted by molar-refractivity contribution is 5.64. The van der Waals surface area contributed by atoms with Crippen molar-refractivity contribution in [1.29, 1.82) is 0 Å². The van der Waals surface area contributed by atoms with E-state index in [1.165, 1.54) is 0 Å². The molecule has 0 saturated heterocycles. The minimum absolute atomic E-state index is 0.307. The maximum absolute atomic E-state index is 12.3. The topological polar surface area (TPSA) is 26.0 Å². The van der Waals surface area contributed by atoms with Gasteiger partial charge in [0.05, 0.1) is 0 Å². The van der Waals surface area contributed by atoms with Crippen LogP contribution in [-0.4, -0.2) is 6.43 Å². The number of benzene rings is 2. The Hall–Kier alpha value is -1.74. The molecule has 1 nitrogen and oxygen atoms in total. The molecule has 0 bridgehead atoms. The lowest BCUT2D eigenvalue weighted by Gasteiger charge is -2.12. The fourth-order valence-electron chi connectivity index (χ4n) is 1.91. The van der Waals surface area contributed by atoms with E-state index < -0.39 is 12.5 Å². The normalized spacial score (nSPS) is 12.7. The molecule has 2 aromatic rings. The maximum Gasteiger partial charge on any atom is 0.240 e. The van der Waals surface area contributed by atoms with Gasteiger partial charge < -0.3 is 5.73 Å². The van der Waals surface area contributed by atoms with Crippen LogP contribution in [0.2, 0.25) is 0 Å². The summed E-state index contributed by atoms with van der Waals surface area (Å²) in [6.45, 7) is 0. The monoisotopic (exact) mass is 247 g/mol. The third-order valence-electron chi connectivity index (χ3n) is 2.85. The van der Waals surface area contributed by atoms with Gasteiger partial charge in [0.25, 0.3) is 0 Å². The van der Waals surface area contributed by atoms with Gasteiger partial charge in [-0.15, -0.1) is 0 Å². The van der Waals surface area contributed by atoms with Gasteiger partial charge in [-0.3, -0.25) is 0 Å². The van der Waals surface area contributed by atoms with Gasteiger partial charge in [0.1, 0.15) is 0 Å². The van der Waals surface area contributed by atoms with E-state index in [0.717, 1.165) is 16.7 Å². The lowest BCUT2D eigenvalue weighted by atomic mass is 9.98. The molecular formula is C15H15F2N. The number of rotatable bonds is 4. The van der Waals surface area contributed by atoms with Gasteiger partial charge in [0.15, 0.2) is 0 Å². The van der Waals surface area contributed by atoms with Crippen LogP contribution >= 0.6 is 0 Å². The Morgan fingerprint density at radius 3 is 2.22 bits per heavy atom. The van der Waals surface area contributed by atoms with E-state index >= 15 is 0 Å². The maximum atomic E-state index is 12.3. The van der Waals surface area contributed by atoms with Crippen molar-refractivity contribution in [2.45, 2.75) is 18.9 Å². The van der Waals surface area contributed by atoms with Gasteiger partial charge in [-0.05, 0) is 22.8 Å². The summed E-state index contributed by atoms with van der Waals surface area (Å²) in [5, 5.41) is 0. The smallest absolute Gasteiger partial charge is 0.240 e. The van der Waals surface area contributed by atoms with E-state index in [9.17, 15) is 8.78 Å². The first-order valence-corrected chi connectivity index (χ1v) is 5.86. The van der Waals surface area contributed by atoms with Crippen LogP contribution in [0.25, 0.3) is 11.1 Å². The summed E-state index contributed by atoms with van der Waals surface area (Å²) >= 11 is 0. The molecule has 0 aliphatic heterocycles. The summed E-state index contributed by atoms with van der Waals surface area (Å²) in [6.07, 6.45) is -2.68. The van der Waals surface area contributed by atoms with Crippen LogP contribution in [-0.2, 0) is 0 Å². The van der Waals surface area contributed by atoms with Gasteiger partial charge >= 0.3 is 0 Å². The Bertz CT molecular complexity index is 497. The SMILES string of the molecule is N[C@@H](CC(F)F)c1cccc(-c2ccccc2)c1. The molecule has 3 heteroatoms. The third-order valence-corrected chi connectivity index (χ3v) is 2.85. The third kappa shape index (κ3) is 3.14.